The molecule has 0 bridgehead atoms. The molecule has 9 heteroatoms. The van der Waals surface area contributed by atoms with Gasteiger partial charge in [0.05, 0.1) is 40.3 Å². The maximum Gasteiger partial charge on any atom is 0.330 e. The average molecular weight is 455 g/mol. The fourth-order valence-corrected chi connectivity index (χ4v) is 3.70. The zero-order chi connectivity index (χ0) is 23.0. The van der Waals surface area contributed by atoms with Gasteiger partial charge in [-0.2, -0.15) is 0 Å². The number of carboxylic acid groups (broad SMARTS) is 1. The van der Waals surface area contributed by atoms with E-state index in [-0.39, 0.29) is 4.48 Å². The SMILES string of the molecule is CCCCCCC(C)OCCCCCCOP(O)OC(CC(=O)O)C(O)[N+](C)(C)C. The highest BCUT2D eigenvalue weighted by Crippen LogP contribution is 2.37. The Morgan fingerprint density at radius 3 is 2.17 bits per heavy atom. The largest absolute Gasteiger partial charge is 0.481 e. The third kappa shape index (κ3) is 16.4. The number of quaternary nitrogens is 1. The standard InChI is InChI=1S/C21H44NO7P/c1-6-7-8-11-14-18(2)27-15-12-9-10-13-16-28-30(26)29-19(17-20(23)24)21(25)22(3,4)5/h18-19,21,25-26H,6-17H2,1-5H3/p+1. The number of ether oxygens (including phenoxy) is 1. The van der Waals surface area contributed by atoms with Gasteiger partial charge in [0, 0.05) is 6.61 Å². The van der Waals surface area contributed by atoms with Crippen molar-refractivity contribution >= 4 is 14.6 Å². The molecule has 4 atom stereocenters. The lowest BCUT2D eigenvalue weighted by Crippen LogP contribution is -2.52. The number of nitrogens with zero attached hydrogens (tertiary/aromatic N) is 1. The summed E-state index contributed by atoms with van der Waals surface area (Å²) in [5.41, 5.74) is 0. The van der Waals surface area contributed by atoms with Crippen molar-refractivity contribution in [2.45, 2.75) is 96.5 Å². The van der Waals surface area contributed by atoms with E-state index in [1.165, 1.54) is 25.7 Å². The molecule has 0 saturated carbocycles. The molecular weight excluding hydrogens is 409 g/mol. The van der Waals surface area contributed by atoms with Gasteiger partial charge in [-0.25, -0.2) is 0 Å². The molecule has 0 saturated heterocycles. The molecule has 3 N–H and O–H groups in total. The molecule has 0 spiro atoms. The van der Waals surface area contributed by atoms with Gasteiger partial charge in [0.25, 0.3) is 0 Å². The minimum Gasteiger partial charge on any atom is -0.481 e. The van der Waals surface area contributed by atoms with E-state index in [2.05, 4.69) is 13.8 Å². The van der Waals surface area contributed by atoms with Gasteiger partial charge in [-0.05, 0) is 26.2 Å². The Balaban J connectivity index is 3.85. The zero-order valence-corrected chi connectivity index (χ0v) is 20.5. The second-order valence-corrected chi connectivity index (χ2v) is 9.73. The highest BCUT2D eigenvalue weighted by Gasteiger charge is 2.35. The molecule has 0 radical (unpaired) electrons. The molecule has 30 heavy (non-hydrogen) atoms. The van der Waals surface area contributed by atoms with Crippen LogP contribution in [0.4, 0.5) is 0 Å². The van der Waals surface area contributed by atoms with Crippen molar-refractivity contribution in [2.75, 3.05) is 34.4 Å². The van der Waals surface area contributed by atoms with Crippen LogP contribution in [0.15, 0.2) is 0 Å². The molecule has 0 fully saturated rings. The van der Waals surface area contributed by atoms with Gasteiger partial charge < -0.3 is 28.9 Å². The molecule has 0 aromatic carbocycles. The van der Waals surface area contributed by atoms with Crippen molar-refractivity contribution < 1.29 is 38.2 Å². The third-order valence-electron chi connectivity index (χ3n) is 4.83. The third-order valence-corrected chi connectivity index (χ3v) is 5.69. The number of hydrogen-bond donors (Lipinski definition) is 3. The molecule has 0 heterocycles. The van der Waals surface area contributed by atoms with E-state index < -0.39 is 33.3 Å². The summed E-state index contributed by atoms with van der Waals surface area (Å²) >= 11 is 0. The highest BCUT2D eigenvalue weighted by atomic mass is 31.2. The quantitative estimate of drug-likeness (QED) is 0.110. The van der Waals surface area contributed by atoms with E-state index in [9.17, 15) is 14.8 Å². The zero-order valence-electron chi connectivity index (χ0n) is 19.6. The summed E-state index contributed by atoms with van der Waals surface area (Å²) in [6.07, 6.45) is 7.74. The number of aliphatic hydroxyl groups is 1. The maximum absolute atomic E-state index is 11.0. The summed E-state index contributed by atoms with van der Waals surface area (Å²) in [6, 6.07) is 0. The van der Waals surface area contributed by atoms with Crippen LogP contribution >= 0.6 is 8.60 Å². The Kier molecular flexibility index (Phi) is 17.0. The molecule has 0 aromatic heterocycles. The van der Waals surface area contributed by atoms with Crippen LogP contribution in [-0.4, -0.2) is 78.4 Å². The van der Waals surface area contributed by atoms with Gasteiger partial charge in [0.2, 0.25) is 6.23 Å². The van der Waals surface area contributed by atoms with Gasteiger partial charge in [0.15, 0.2) is 6.10 Å². The normalized spacial score (nSPS) is 16.2. The van der Waals surface area contributed by atoms with Crippen molar-refractivity contribution in [1.82, 2.24) is 0 Å². The first-order valence-corrected chi connectivity index (χ1v) is 12.3. The lowest BCUT2D eigenvalue weighted by molar-refractivity contribution is -0.922. The smallest absolute Gasteiger partial charge is 0.330 e. The van der Waals surface area contributed by atoms with E-state index in [1.807, 2.05) is 0 Å². The molecule has 0 aromatic rings. The number of carboxylic acids is 1. The fraction of sp³-hybridized carbons (Fsp3) is 0.952. The molecule has 0 rings (SSSR count). The number of rotatable bonds is 20. The van der Waals surface area contributed by atoms with Gasteiger partial charge in [0.1, 0.15) is 0 Å². The molecule has 180 valence electrons. The molecular formula is C21H45NO7P+. The monoisotopic (exact) mass is 454 g/mol. The maximum atomic E-state index is 11.0. The molecule has 8 nitrogen and oxygen atoms in total. The van der Waals surface area contributed by atoms with Crippen LogP contribution in [-0.2, 0) is 18.6 Å². The first-order chi connectivity index (χ1) is 14.1. The summed E-state index contributed by atoms with van der Waals surface area (Å²) in [5, 5.41) is 19.3. The van der Waals surface area contributed by atoms with Crippen LogP contribution in [0.2, 0.25) is 0 Å². The van der Waals surface area contributed by atoms with Crippen molar-refractivity contribution in [3.63, 3.8) is 0 Å². The molecule has 0 aliphatic rings. The lowest BCUT2D eigenvalue weighted by atomic mass is 10.1. The van der Waals surface area contributed by atoms with Crippen molar-refractivity contribution in [3.05, 3.63) is 0 Å². The van der Waals surface area contributed by atoms with Crippen LogP contribution in [0, 0.1) is 0 Å². The summed E-state index contributed by atoms with van der Waals surface area (Å²) in [4.78, 5) is 20.9. The van der Waals surface area contributed by atoms with E-state index in [0.29, 0.717) is 12.7 Å². The Bertz CT molecular complexity index is 434. The minimum absolute atomic E-state index is 0.0978. The van der Waals surface area contributed by atoms with Crippen LogP contribution in [0.1, 0.15) is 78.1 Å². The molecule has 0 aliphatic carbocycles. The molecule has 4 unspecified atom stereocenters. The second kappa shape index (κ2) is 17.2. The highest BCUT2D eigenvalue weighted by molar-refractivity contribution is 7.40. The number of hydrogen-bond acceptors (Lipinski definition) is 6. The Morgan fingerprint density at radius 1 is 1.00 bits per heavy atom. The number of aliphatic carboxylic acids is 1. The number of carbonyl (C=O) groups is 1. The lowest BCUT2D eigenvalue weighted by Gasteiger charge is -2.34. The topological polar surface area (TPSA) is 105 Å². The Morgan fingerprint density at radius 2 is 1.60 bits per heavy atom. The van der Waals surface area contributed by atoms with Crippen LogP contribution in [0.25, 0.3) is 0 Å². The summed E-state index contributed by atoms with van der Waals surface area (Å²) in [6.45, 7) is 5.45. The summed E-state index contributed by atoms with van der Waals surface area (Å²) < 4.78 is 16.5. The Hall–Kier alpha value is -0.340. The predicted molar refractivity (Wildman–Crippen MR) is 119 cm³/mol. The summed E-state index contributed by atoms with van der Waals surface area (Å²) in [7, 11) is 2.93. The average Bonchev–Trinajstić information content (AvgIpc) is 2.65. The van der Waals surface area contributed by atoms with E-state index in [1.54, 1.807) is 21.1 Å². The van der Waals surface area contributed by atoms with Gasteiger partial charge in [-0.1, -0.05) is 45.4 Å². The van der Waals surface area contributed by atoms with Crippen molar-refractivity contribution in [3.8, 4) is 0 Å². The van der Waals surface area contributed by atoms with Gasteiger partial charge in [-0.3, -0.25) is 9.32 Å². The molecule has 0 amide bonds. The van der Waals surface area contributed by atoms with Gasteiger partial charge in [-0.15, -0.1) is 0 Å². The number of aliphatic hydroxyl groups excluding tert-OH is 1. The minimum atomic E-state index is -2.23. The predicted octanol–water partition coefficient (Wildman–Crippen LogP) is 4.04. The molecule has 0 aliphatic heterocycles. The van der Waals surface area contributed by atoms with Crippen molar-refractivity contribution in [1.29, 1.82) is 0 Å². The van der Waals surface area contributed by atoms with E-state index in [4.69, 9.17) is 18.9 Å². The van der Waals surface area contributed by atoms with E-state index >= 15 is 0 Å². The van der Waals surface area contributed by atoms with Crippen LogP contribution in [0.3, 0.4) is 0 Å². The van der Waals surface area contributed by atoms with E-state index in [0.717, 1.165) is 38.7 Å². The first kappa shape index (κ1) is 29.7. The van der Waals surface area contributed by atoms with Crippen molar-refractivity contribution in [2.24, 2.45) is 0 Å². The van der Waals surface area contributed by atoms with Gasteiger partial charge >= 0.3 is 14.6 Å². The fourth-order valence-electron chi connectivity index (χ4n) is 2.94. The number of unbranched alkanes of at least 4 members (excludes halogenated alkanes) is 6. The first-order valence-electron chi connectivity index (χ1n) is 11.2. The number of likely N-dealkylation sites (N-methyl/N-ethyl adjacent to an activating group) is 1. The Labute approximate surface area is 184 Å². The van der Waals surface area contributed by atoms with Crippen LogP contribution in [0.5, 0.6) is 0 Å². The van der Waals surface area contributed by atoms with Crippen LogP contribution < -0.4 is 0 Å². The second-order valence-electron chi connectivity index (χ2n) is 8.79. The summed E-state index contributed by atoms with van der Waals surface area (Å²) in [5.74, 6) is -1.10.